The van der Waals surface area contributed by atoms with E-state index in [2.05, 4.69) is 15.5 Å². The Hall–Kier alpha value is -3.19. The molecule has 0 aliphatic rings. The molecule has 6 nitrogen and oxygen atoms in total. The van der Waals surface area contributed by atoms with Crippen LogP contribution >= 0.6 is 11.6 Å². The standard InChI is InChI=1S/C19H13ClFN3O3/c1-9-16(18(24-27-9)17-12(20)4-3-5-13(17)21)19(25)23-11-6-7-15-14(8-11)22-10(2)26-15/h3-8H,1-2H3,(H,23,25). The lowest BCUT2D eigenvalue weighted by Gasteiger charge is -2.07. The van der Waals surface area contributed by atoms with Gasteiger partial charge in [-0.05, 0) is 37.3 Å². The van der Waals surface area contributed by atoms with Crippen LogP contribution in [0.1, 0.15) is 22.0 Å². The predicted molar refractivity (Wildman–Crippen MR) is 98.3 cm³/mol. The number of aromatic nitrogens is 2. The molecule has 0 bridgehead atoms. The number of aryl methyl sites for hydroxylation is 2. The van der Waals surface area contributed by atoms with E-state index in [1.165, 1.54) is 18.2 Å². The van der Waals surface area contributed by atoms with Crippen molar-refractivity contribution in [2.75, 3.05) is 5.32 Å². The van der Waals surface area contributed by atoms with E-state index in [0.717, 1.165) is 0 Å². The van der Waals surface area contributed by atoms with Gasteiger partial charge >= 0.3 is 0 Å². The molecule has 2 heterocycles. The highest BCUT2D eigenvalue weighted by molar-refractivity contribution is 6.33. The Balaban J connectivity index is 1.72. The summed E-state index contributed by atoms with van der Waals surface area (Å²) >= 11 is 6.11. The zero-order valence-corrected chi connectivity index (χ0v) is 15.1. The summed E-state index contributed by atoms with van der Waals surface area (Å²) in [5, 5.41) is 6.72. The second kappa shape index (κ2) is 6.51. The van der Waals surface area contributed by atoms with E-state index in [0.29, 0.717) is 22.7 Å². The van der Waals surface area contributed by atoms with Crippen LogP contribution in [0.25, 0.3) is 22.4 Å². The lowest BCUT2D eigenvalue weighted by molar-refractivity contribution is 0.102. The number of amides is 1. The maximum atomic E-state index is 14.3. The summed E-state index contributed by atoms with van der Waals surface area (Å²) in [4.78, 5) is 17.1. The fourth-order valence-corrected chi connectivity index (χ4v) is 3.10. The molecule has 0 aliphatic heterocycles. The van der Waals surface area contributed by atoms with E-state index in [-0.39, 0.29) is 27.6 Å². The first-order valence-corrected chi connectivity index (χ1v) is 8.41. The number of anilines is 1. The topological polar surface area (TPSA) is 81.2 Å². The molecule has 8 heteroatoms. The van der Waals surface area contributed by atoms with E-state index >= 15 is 0 Å². The van der Waals surface area contributed by atoms with Crippen LogP contribution in [0.2, 0.25) is 5.02 Å². The van der Waals surface area contributed by atoms with Gasteiger partial charge < -0.3 is 14.3 Å². The van der Waals surface area contributed by atoms with Crippen LogP contribution in [0, 0.1) is 19.7 Å². The number of hydrogen-bond acceptors (Lipinski definition) is 5. The third kappa shape index (κ3) is 3.06. The van der Waals surface area contributed by atoms with Crippen molar-refractivity contribution >= 4 is 34.3 Å². The molecule has 0 spiro atoms. The van der Waals surface area contributed by atoms with Crippen molar-refractivity contribution in [3.05, 3.63) is 64.5 Å². The minimum atomic E-state index is -0.593. The van der Waals surface area contributed by atoms with Gasteiger partial charge in [0.25, 0.3) is 5.91 Å². The van der Waals surface area contributed by atoms with Gasteiger partial charge in [-0.25, -0.2) is 9.37 Å². The third-order valence-corrected chi connectivity index (χ3v) is 4.36. The summed E-state index contributed by atoms with van der Waals surface area (Å²) in [6, 6.07) is 9.31. The smallest absolute Gasteiger partial charge is 0.261 e. The van der Waals surface area contributed by atoms with Gasteiger partial charge in [-0.1, -0.05) is 22.8 Å². The first-order chi connectivity index (χ1) is 12.9. The van der Waals surface area contributed by atoms with Crippen LogP contribution in [0.3, 0.4) is 0 Å². The van der Waals surface area contributed by atoms with Crippen molar-refractivity contribution in [3.8, 4) is 11.3 Å². The van der Waals surface area contributed by atoms with Crippen LogP contribution in [0.5, 0.6) is 0 Å². The average molecular weight is 386 g/mol. The summed E-state index contributed by atoms with van der Waals surface area (Å²) in [5.74, 6) is -0.313. The number of halogens is 2. The Bertz CT molecular complexity index is 1160. The minimum absolute atomic E-state index is 0.0174. The Morgan fingerprint density at radius 2 is 2.04 bits per heavy atom. The van der Waals surface area contributed by atoms with E-state index in [1.807, 2.05) is 0 Å². The Labute approximate surface area is 157 Å². The maximum Gasteiger partial charge on any atom is 0.261 e. The second-order valence-electron chi connectivity index (χ2n) is 5.93. The van der Waals surface area contributed by atoms with Crippen molar-refractivity contribution in [2.24, 2.45) is 0 Å². The summed E-state index contributed by atoms with van der Waals surface area (Å²) in [7, 11) is 0. The number of fused-ring (bicyclic) bond motifs is 1. The zero-order chi connectivity index (χ0) is 19.1. The lowest BCUT2D eigenvalue weighted by atomic mass is 10.0. The minimum Gasteiger partial charge on any atom is -0.441 e. The normalized spacial score (nSPS) is 11.1. The molecule has 2 aromatic heterocycles. The van der Waals surface area contributed by atoms with Gasteiger partial charge in [0.1, 0.15) is 28.4 Å². The fraction of sp³-hybridized carbons (Fsp3) is 0.105. The number of oxazole rings is 1. The molecule has 0 unspecified atom stereocenters. The van der Waals surface area contributed by atoms with Gasteiger partial charge in [0.2, 0.25) is 0 Å². The number of nitrogens with one attached hydrogen (secondary N) is 1. The van der Waals surface area contributed by atoms with Gasteiger partial charge in [-0.15, -0.1) is 0 Å². The first kappa shape index (κ1) is 17.2. The molecule has 0 radical (unpaired) electrons. The average Bonchev–Trinajstić information content (AvgIpc) is 3.16. The SMILES string of the molecule is Cc1nc2cc(NC(=O)c3c(-c4c(F)cccc4Cl)noc3C)ccc2o1. The molecule has 1 N–H and O–H groups in total. The highest BCUT2D eigenvalue weighted by Gasteiger charge is 2.25. The molecule has 4 rings (SSSR count). The molecule has 0 aliphatic carbocycles. The number of rotatable bonds is 3. The second-order valence-corrected chi connectivity index (χ2v) is 6.34. The Kier molecular flexibility index (Phi) is 4.16. The monoisotopic (exact) mass is 385 g/mol. The number of carbonyl (C=O) groups is 1. The molecule has 136 valence electrons. The number of hydrogen-bond donors (Lipinski definition) is 1. The first-order valence-electron chi connectivity index (χ1n) is 8.03. The summed E-state index contributed by atoms with van der Waals surface area (Å²) < 4.78 is 24.8. The van der Waals surface area contributed by atoms with Crippen LogP contribution in [0.4, 0.5) is 10.1 Å². The van der Waals surface area contributed by atoms with Gasteiger partial charge in [-0.3, -0.25) is 4.79 Å². The Morgan fingerprint density at radius 1 is 1.22 bits per heavy atom. The molecule has 27 heavy (non-hydrogen) atoms. The predicted octanol–water partition coefficient (Wildman–Crippen LogP) is 5.14. The van der Waals surface area contributed by atoms with Crippen LogP contribution in [-0.2, 0) is 0 Å². The van der Waals surface area contributed by atoms with Crippen molar-refractivity contribution in [3.63, 3.8) is 0 Å². The molecule has 0 saturated heterocycles. The maximum absolute atomic E-state index is 14.3. The van der Waals surface area contributed by atoms with E-state index < -0.39 is 11.7 Å². The van der Waals surface area contributed by atoms with Crippen molar-refractivity contribution < 1.29 is 18.1 Å². The van der Waals surface area contributed by atoms with Crippen molar-refractivity contribution in [1.82, 2.24) is 10.1 Å². The van der Waals surface area contributed by atoms with Gasteiger partial charge in [0.15, 0.2) is 11.5 Å². The fourth-order valence-electron chi connectivity index (χ4n) is 2.85. The largest absolute Gasteiger partial charge is 0.441 e. The van der Waals surface area contributed by atoms with Gasteiger partial charge in [0, 0.05) is 12.6 Å². The lowest BCUT2D eigenvalue weighted by Crippen LogP contribution is -2.13. The van der Waals surface area contributed by atoms with Gasteiger partial charge in [-0.2, -0.15) is 0 Å². The van der Waals surface area contributed by atoms with Crippen LogP contribution in [-0.4, -0.2) is 16.0 Å². The van der Waals surface area contributed by atoms with E-state index in [1.54, 1.807) is 32.0 Å². The van der Waals surface area contributed by atoms with Crippen molar-refractivity contribution in [1.29, 1.82) is 0 Å². The van der Waals surface area contributed by atoms with Crippen LogP contribution < -0.4 is 5.32 Å². The molecular formula is C19H13ClFN3O3. The molecule has 2 aromatic carbocycles. The molecule has 0 fully saturated rings. The zero-order valence-electron chi connectivity index (χ0n) is 14.3. The molecule has 0 atom stereocenters. The van der Waals surface area contributed by atoms with E-state index in [4.69, 9.17) is 20.5 Å². The molecule has 1 amide bonds. The number of carbonyl (C=O) groups excluding carboxylic acids is 1. The number of benzene rings is 2. The quantitative estimate of drug-likeness (QED) is 0.527. The summed E-state index contributed by atoms with van der Waals surface area (Å²) in [6.07, 6.45) is 0. The third-order valence-electron chi connectivity index (χ3n) is 4.04. The molecular weight excluding hydrogens is 373 g/mol. The highest BCUT2D eigenvalue weighted by atomic mass is 35.5. The van der Waals surface area contributed by atoms with Gasteiger partial charge in [0.05, 0.1) is 10.6 Å². The van der Waals surface area contributed by atoms with Crippen molar-refractivity contribution in [2.45, 2.75) is 13.8 Å². The highest BCUT2D eigenvalue weighted by Crippen LogP contribution is 2.34. The molecule has 4 aromatic rings. The Morgan fingerprint density at radius 3 is 2.81 bits per heavy atom. The summed E-state index contributed by atoms with van der Waals surface area (Å²) in [6.45, 7) is 3.31. The van der Waals surface area contributed by atoms with Crippen LogP contribution in [0.15, 0.2) is 45.3 Å². The summed E-state index contributed by atoms with van der Waals surface area (Å²) in [5.41, 5.74) is 1.91. The molecule has 0 saturated carbocycles. The van der Waals surface area contributed by atoms with E-state index in [9.17, 15) is 9.18 Å². The number of nitrogens with zero attached hydrogens (tertiary/aromatic N) is 2.